The number of hydrogen-bond donors (Lipinski definition) is 2. The third kappa shape index (κ3) is 6.69. The van der Waals surface area contributed by atoms with Crippen molar-refractivity contribution >= 4 is 5.96 Å². The standard InChI is InChI=1S/C26H42N4O2/c1-3-27-26(29-24-10-13-30(14-11-24)18-21-12-16-31-19-21)28-17-23-5-4-15-32-25(23)22-8-6-20(2)7-9-22/h6-9,21,23-25H,3-5,10-19H2,1-2H3,(H2,27,28,29). The fraction of sp³-hybridized carbons (Fsp3) is 0.731. The number of hydrogen-bond acceptors (Lipinski definition) is 4. The first-order chi connectivity index (χ1) is 15.7. The second-order valence-corrected chi connectivity index (χ2v) is 9.77. The molecule has 0 aliphatic carbocycles. The van der Waals surface area contributed by atoms with Crippen molar-refractivity contribution in [2.45, 2.75) is 58.1 Å². The molecule has 3 aliphatic rings. The van der Waals surface area contributed by atoms with E-state index in [0.717, 1.165) is 51.2 Å². The van der Waals surface area contributed by atoms with Gasteiger partial charge in [-0.3, -0.25) is 4.99 Å². The summed E-state index contributed by atoms with van der Waals surface area (Å²) in [5.74, 6) is 2.12. The van der Waals surface area contributed by atoms with Crippen LogP contribution in [-0.2, 0) is 9.47 Å². The van der Waals surface area contributed by atoms with E-state index in [-0.39, 0.29) is 6.10 Å². The maximum absolute atomic E-state index is 6.20. The Morgan fingerprint density at radius 2 is 1.91 bits per heavy atom. The first-order valence-corrected chi connectivity index (χ1v) is 12.7. The average Bonchev–Trinajstić information content (AvgIpc) is 3.33. The van der Waals surface area contributed by atoms with Crippen molar-refractivity contribution in [2.75, 3.05) is 52.5 Å². The van der Waals surface area contributed by atoms with Gasteiger partial charge in [-0.1, -0.05) is 29.8 Å². The number of aliphatic imine (C=N–C) groups is 1. The number of nitrogens with zero attached hydrogens (tertiary/aromatic N) is 2. The van der Waals surface area contributed by atoms with Crippen molar-refractivity contribution < 1.29 is 9.47 Å². The molecule has 32 heavy (non-hydrogen) atoms. The fourth-order valence-electron chi connectivity index (χ4n) is 5.23. The van der Waals surface area contributed by atoms with Crippen LogP contribution in [0.1, 0.15) is 56.3 Å². The molecule has 2 N–H and O–H groups in total. The average molecular weight is 443 g/mol. The molecule has 0 amide bonds. The van der Waals surface area contributed by atoms with Crippen LogP contribution >= 0.6 is 0 Å². The van der Waals surface area contributed by atoms with Crippen LogP contribution in [0.4, 0.5) is 0 Å². The zero-order chi connectivity index (χ0) is 22.2. The van der Waals surface area contributed by atoms with Gasteiger partial charge in [-0.05, 0) is 57.4 Å². The lowest BCUT2D eigenvalue weighted by molar-refractivity contribution is -0.0250. The lowest BCUT2D eigenvalue weighted by Gasteiger charge is -2.34. The predicted molar refractivity (Wildman–Crippen MR) is 130 cm³/mol. The topological polar surface area (TPSA) is 58.1 Å². The second kappa shape index (κ2) is 12.0. The minimum absolute atomic E-state index is 0.152. The molecule has 0 spiro atoms. The molecule has 3 saturated heterocycles. The molecule has 4 rings (SSSR count). The van der Waals surface area contributed by atoms with E-state index >= 15 is 0 Å². The van der Waals surface area contributed by atoms with E-state index in [1.165, 1.54) is 56.4 Å². The Hall–Kier alpha value is -1.63. The van der Waals surface area contributed by atoms with Crippen molar-refractivity contribution in [2.24, 2.45) is 16.8 Å². The van der Waals surface area contributed by atoms with Gasteiger partial charge in [-0.2, -0.15) is 0 Å². The summed E-state index contributed by atoms with van der Waals surface area (Å²) in [4.78, 5) is 7.63. The van der Waals surface area contributed by atoms with Gasteiger partial charge in [0.25, 0.3) is 0 Å². The Morgan fingerprint density at radius 3 is 2.62 bits per heavy atom. The van der Waals surface area contributed by atoms with E-state index in [2.05, 4.69) is 53.6 Å². The van der Waals surface area contributed by atoms with Crippen LogP contribution in [0.15, 0.2) is 29.3 Å². The van der Waals surface area contributed by atoms with E-state index < -0.39 is 0 Å². The monoisotopic (exact) mass is 442 g/mol. The van der Waals surface area contributed by atoms with Gasteiger partial charge in [0.2, 0.25) is 0 Å². The summed E-state index contributed by atoms with van der Waals surface area (Å²) in [5.41, 5.74) is 2.58. The molecule has 3 aliphatic heterocycles. The summed E-state index contributed by atoms with van der Waals surface area (Å²) in [6.07, 6.45) is 6.03. The number of ether oxygens (including phenoxy) is 2. The lowest BCUT2D eigenvalue weighted by atomic mass is 9.89. The number of likely N-dealkylation sites (tertiary alicyclic amines) is 1. The van der Waals surface area contributed by atoms with Crippen molar-refractivity contribution in [1.29, 1.82) is 0 Å². The zero-order valence-electron chi connectivity index (χ0n) is 20.0. The van der Waals surface area contributed by atoms with Gasteiger partial charge in [-0.15, -0.1) is 0 Å². The van der Waals surface area contributed by atoms with Gasteiger partial charge < -0.3 is 25.0 Å². The fourth-order valence-corrected chi connectivity index (χ4v) is 5.23. The van der Waals surface area contributed by atoms with Crippen LogP contribution in [0.3, 0.4) is 0 Å². The number of nitrogens with one attached hydrogen (secondary N) is 2. The van der Waals surface area contributed by atoms with E-state index in [9.17, 15) is 0 Å². The Morgan fingerprint density at radius 1 is 1.09 bits per heavy atom. The van der Waals surface area contributed by atoms with Gasteiger partial charge in [0.1, 0.15) is 0 Å². The van der Waals surface area contributed by atoms with Crippen molar-refractivity contribution in [3.8, 4) is 0 Å². The van der Waals surface area contributed by atoms with Crippen LogP contribution in [-0.4, -0.2) is 69.4 Å². The van der Waals surface area contributed by atoms with Crippen LogP contribution < -0.4 is 10.6 Å². The molecule has 0 saturated carbocycles. The van der Waals surface area contributed by atoms with Crippen LogP contribution in [0.2, 0.25) is 0 Å². The predicted octanol–water partition coefficient (Wildman–Crippen LogP) is 3.52. The van der Waals surface area contributed by atoms with Crippen LogP contribution in [0.5, 0.6) is 0 Å². The summed E-state index contributed by atoms with van der Waals surface area (Å²) >= 11 is 0. The van der Waals surface area contributed by atoms with E-state index in [1.54, 1.807) is 0 Å². The molecule has 3 heterocycles. The van der Waals surface area contributed by atoms with Gasteiger partial charge in [0, 0.05) is 57.9 Å². The van der Waals surface area contributed by atoms with Gasteiger partial charge >= 0.3 is 0 Å². The Bertz CT molecular complexity index is 709. The Balaban J connectivity index is 1.29. The maximum Gasteiger partial charge on any atom is 0.191 e. The highest BCUT2D eigenvalue weighted by atomic mass is 16.5. The SMILES string of the molecule is CCNC(=NCC1CCCOC1c1ccc(C)cc1)NC1CCN(CC2CCOC2)CC1. The minimum atomic E-state index is 0.152. The molecule has 178 valence electrons. The second-order valence-electron chi connectivity index (χ2n) is 9.77. The molecule has 6 nitrogen and oxygen atoms in total. The number of piperidine rings is 1. The van der Waals surface area contributed by atoms with Crippen molar-refractivity contribution in [3.63, 3.8) is 0 Å². The third-order valence-electron chi connectivity index (χ3n) is 7.15. The van der Waals surface area contributed by atoms with Crippen LogP contribution in [0, 0.1) is 18.8 Å². The summed E-state index contributed by atoms with van der Waals surface area (Å²) in [5, 5.41) is 7.19. The highest BCUT2D eigenvalue weighted by Crippen LogP contribution is 2.34. The largest absolute Gasteiger partial charge is 0.381 e. The first-order valence-electron chi connectivity index (χ1n) is 12.7. The maximum atomic E-state index is 6.20. The number of rotatable bonds is 7. The quantitative estimate of drug-likeness (QED) is 0.500. The van der Waals surface area contributed by atoms with Gasteiger partial charge in [0.15, 0.2) is 5.96 Å². The van der Waals surface area contributed by atoms with Gasteiger partial charge in [-0.25, -0.2) is 0 Å². The summed E-state index contributed by atoms with van der Waals surface area (Å²) in [6.45, 7) is 12.2. The van der Waals surface area contributed by atoms with Crippen LogP contribution in [0.25, 0.3) is 0 Å². The summed E-state index contributed by atoms with van der Waals surface area (Å²) in [7, 11) is 0. The summed E-state index contributed by atoms with van der Waals surface area (Å²) in [6, 6.07) is 9.31. The molecule has 0 radical (unpaired) electrons. The van der Waals surface area contributed by atoms with Crippen molar-refractivity contribution in [3.05, 3.63) is 35.4 Å². The Kier molecular flexibility index (Phi) is 8.83. The lowest BCUT2D eigenvalue weighted by Crippen LogP contribution is -2.49. The number of aryl methyl sites for hydroxylation is 1. The molecule has 0 bridgehead atoms. The molecular formula is C26H42N4O2. The third-order valence-corrected chi connectivity index (χ3v) is 7.15. The molecule has 6 heteroatoms. The van der Waals surface area contributed by atoms with Gasteiger partial charge in [0.05, 0.1) is 12.7 Å². The zero-order valence-corrected chi connectivity index (χ0v) is 20.0. The molecular weight excluding hydrogens is 400 g/mol. The molecule has 0 aromatic heterocycles. The molecule has 1 aromatic rings. The highest BCUT2D eigenvalue weighted by Gasteiger charge is 2.28. The molecule has 3 fully saturated rings. The molecule has 3 atom stereocenters. The molecule has 3 unspecified atom stereocenters. The minimum Gasteiger partial charge on any atom is -0.381 e. The number of benzene rings is 1. The summed E-state index contributed by atoms with van der Waals surface area (Å²) < 4.78 is 11.7. The van der Waals surface area contributed by atoms with E-state index in [4.69, 9.17) is 14.5 Å². The molecule has 1 aromatic carbocycles. The Labute approximate surface area is 194 Å². The normalized spacial score (nSPS) is 28.1. The van der Waals surface area contributed by atoms with E-state index in [0.29, 0.717) is 12.0 Å². The highest BCUT2D eigenvalue weighted by molar-refractivity contribution is 5.80. The smallest absolute Gasteiger partial charge is 0.191 e. The van der Waals surface area contributed by atoms with Crippen molar-refractivity contribution in [1.82, 2.24) is 15.5 Å². The number of guanidine groups is 1. The first kappa shape index (κ1) is 23.5. The van der Waals surface area contributed by atoms with E-state index in [1.807, 2.05) is 0 Å².